The average Bonchev–Trinajstić information content (AvgIpc) is 3.09. The molecule has 1 aromatic heterocycles. The van der Waals surface area contributed by atoms with Gasteiger partial charge in [-0.05, 0) is 30.3 Å². The highest BCUT2D eigenvalue weighted by Crippen LogP contribution is 2.53. The highest BCUT2D eigenvalue weighted by atomic mass is 32.2. The number of nitrogens with one attached hydrogen (secondary N) is 2. The molecule has 3 heterocycles. The van der Waals surface area contributed by atoms with Crippen LogP contribution in [0.4, 0.5) is 10.1 Å². The molecule has 0 bridgehead atoms. The van der Waals surface area contributed by atoms with Gasteiger partial charge in [-0.1, -0.05) is 41.3 Å². The molecule has 5 rings (SSSR count). The molecule has 3 aromatic rings. The van der Waals surface area contributed by atoms with E-state index in [1.807, 2.05) is 12.1 Å². The van der Waals surface area contributed by atoms with Crippen LogP contribution in [0.2, 0.25) is 0 Å². The second kappa shape index (κ2) is 6.85. The molecular weight excluding hydrogens is 415 g/mol. The molecule has 0 saturated heterocycles. The number of thiazole rings is 1. The topological polar surface area (TPSA) is 88.3 Å². The number of anilines is 1. The number of aromatic nitrogens is 1. The number of aromatic amines is 1. The quantitative estimate of drug-likeness (QED) is 0.483. The van der Waals surface area contributed by atoms with Crippen molar-refractivity contribution < 1.29 is 18.7 Å². The molecule has 1 amide bonds. The van der Waals surface area contributed by atoms with Crippen molar-refractivity contribution >= 4 is 40.7 Å². The minimum atomic E-state index is -0.816. The number of amides is 1. The molecule has 2 aliphatic heterocycles. The number of benzene rings is 2. The third kappa shape index (κ3) is 3.06. The number of fused-ring (bicyclic) bond motifs is 5. The molecule has 29 heavy (non-hydrogen) atoms. The monoisotopic (exact) mass is 428 g/mol. The van der Waals surface area contributed by atoms with Crippen LogP contribution in [0.3, 0.4) is 0 Å². The van der Waals surface area contributed by atoms with E-state index < -0.39 is 34.8 Å². The van der Waals surface area contributed by atoms with Crippen LogP contribution in [-0.2, 0) is 9.59 Å². The van der Waals surface area contributed by atoms with Crippen molar-refractivity contribution in [3.05, 3.63) is 74.5 Å². The lowest BCUT2D eigenvalue weighted by Gasteiger charge is -2.38. The van der Waals surface area contributed by atoms with Crippen molar-refractivity contribution in [1.29, 1.82) is 0 Å². The summed E-state index contributed by atoms with van der Waals surface area (Å²) >= 11 is 2.19. The molecule has 2 aliphatic rings. The number of carbonyl (C=O) groups excluding carboxylic acids is 2. The Labute approximate surface area is 172 Å². The predicted molar refractivity (Wildman–Crippen MR) is 107 cm³/mol. The lowest BCUT2D eigenvalue weighted by molar-refractivity contribution is -0.142. The number of para-hydroxylation sites is 1. The standard InChI is InChI=1S/C20H13FN2O4S2/c21-9-5-7-10(8-6-9)22-17(24)15-14-13(16-18(28-15)23-20(26)29-16)11-3-1-2-4-12(11)27-19(14)25/h1-8,13-15H,(H,22,24)(H,23,26)/t13-,14+,15-/m1/s1. The SMILES string of the molecule is O=C1Oc2ccccc2[C@H]2c3sc(=O)[nH]c3S[C@@H](C(=O)Nc3ccc(F)cc3)[C@@H]12. The lowest BCUT2D eigenvalue weighted by Crippen LogP contribution is -2.46. The fraction of sp³-hybridized carbons (Fsp3) is 0.150. The number of rotatable bonds is 2. The van der Waals surface area contributed by atoms with Gasteiger partial charge in [-0.2, -0.15) is 0 Å². The van der Waals surface area contributed by atoms with Crippen molar-refractivity contribution in [2.75, 3.05) is 5.32 Å². The number of thioether (sulfide) groups is 1. The van der Waals surface area contributed by atoms with Gasteiger partial charge in [0.05, 0.1) is 10.9 Å². The lowest BCUT2D eigenvalue weighted by atomic mass is 9.80. The second-order valence-corrected chi connectivity index (χ2v) is 8.87. The third-order valence-electron chi connectivity index (χ3n) is 4.96. The summed E-state index contributed by atoms with van der Waals surface area (Å²) in [5, 5.41) is 2.50. The predicted octanol–water partition coefficient (Wildman–Crippen LogP) is 3.36. The Bertz CT molecular complexity index is 1190. The molecule has 146 valence electrons. The molecule has 2 aromatic carbocycles. The van der Waals surface area contributed by atoms with Crippen molar-refractivity contribution in [3.63, 3.8) is 0 Å². The number of halogens is 1. The summed E-state index contributed by atoms with van der Waals surface area (Å²) < 4.78 is 18.7. The maximum absolute atomic E-state index is 13.1. The van der Waals surface area contributed by atoms with Gasteiger partial charge in [0.2, 0.25) is 5.91 Å². The fourth-order valence-corrected chi connectivity index (χ4v) is 6.18. The van der Waals surface area contributed by atoms with E-state index in [1.165, 1.54) is 24.3 Å². The Balaban J connectivity index is 1.57. The van der Waals surface area contributed by atoms with Crippen LogP contribution < -0.4 is 14.9 Å². The molecule has 3 atom stereocenters. The van der Waals surface area contributed by atoms with Crippen LogP contribution in [-0.4, -0.2) is 22.1 Å². The van der Waals surface area contributed by atoms with E-state index in [4.69, 9.17) is 4.74 Å². The van der Waals surface area contributed by atoms with Gasteiger partial charge in [-0.3, -0.25) is 14.4 Å². The van der Waals surface area contributed by atoms with Crippen LogP contribution in [0.1, 0.15) is 16.4 Å². The molecule has 0 aliphatic carbocycles. The Kier molecular flexibility index (Phi) is 4.29. The zero-order valence-electron chi connectivity index (χ0n) is 14.7. The molecule has 9 heteroatoms. The van der Waals surface area contributed by atoms with Gasteiger partial charge in [-0.25, -0.2) is 4.39 Å². The van der Waals surface area contributed by atoms with Crippen molar-refractivity contribution in [1.82, 2.24) is 4.98 Å². The largest absolute Gasteiger partial charge is 0.426 e. The number of carbonyl (C=O) groups is 2. The molecule has 0 unspecified atom stereocenters. The van der Waals surface area contributed by atoms with Gasteiger partial charge in [0.1, 0.15) is 16.8 Å². The summed E-state index contributed by atoms with van der Waals surface area (Å²) in [5.74, 6) is -2.12. The number of esters is 1. The van der Waals surface area contributed by atoms with E-state index in [9.17, 15) is 18.8 Å². The van der Waals surface area contributed by atoms with Crippen molar-refractivity contribution in [2.45, 2.75) is 16.2 Å². The Hall–Kier alpha value is -2.91. The number of hydrogen-bond donors (Lipinski definition) is 2. The van der Waals surface area contributed by atoms with Gasteiger partial charge in [0, 0.05) is 22.0 Å². The van der Waals surface area contributed by atoms with E-state index in [2.05, 4.69) is 10.3 Å². The summed E-state index contributed by atoms with van der Waals surface area (Å²) in [4.78, 5) is 41.2. The Morgan fingerprint density at radius 1 is 1.10 bits per heavy atom. The van der Waals surface area contributed by atoms with Crippen LogP contribution in [0, 0.1) is 11.7 Å². The molecule has 0 radical (unpaired) electrons. The Morgan fingerprint density at radius 3 is 2.66 bits per heavy atom. The molecule has 2 N–H and O–H groups in total. The zero-order chi connectivity index (χ0) is 20.1. The molecule has 0 saturated carbocycles. The summed E-state index contributed by atoms with van der Waals surface area (Å²) in [7, 11) is 0. The fourth-order valence-electron chi connectivity index (χ4n) is 3.72. The number of H-pyrrole nitrogens is 1. The zero-order valence-corrected chi connectivity index (χ0v) is 16.3. The minimum absolute atomic E-state index is 0.239. The van der Waals surface area contributed by atoms with Gasteiger partial charge in [0.25, 0.3) is 0 Å². The number of hydrogen-bond acceptors (Lipinski definition) is 6. The highest BCUT2D eigenvalue weighted by molar-refractivity contribution is 8.00. The molecule has 6 nitrogen and oxygen atoms in total. The van der Waals surface area contributed by atoms with E-state index in [0.29, 0.717) is 16.5 Å². The summed E-state index contributed by atoms with van der Waals surface area (Å²) in [6, 6.07) is 12.5. The molecular formula is C20H13FN2O4S2. The summed E-state index contributed by atoms with van der Waals surface area (Å²) in [6.45, 7) is 0. The maximum Gasteiger partial charge on any atom is 0.317 e. The first-order chi connectivity index (χ1) is 14.0. The van der Waals surface area contributed by atoms with Crippen LogP contribution in [0.25, 0.3) is 0 Å². The van der Waals surface area contributed by atoms with E-state index in [-0.39, 0.29) is 4.87 Å². The first-order valence-electron chi connectivity index (χ1n) is 8.78. The first-order valence-corrected chi connectivity index (χ1v) is 10.5. The van der Waals surface area contributed by atoms with Crippen LogP contribution in [0.5, 0.6) is 5.75 Å². The normalized spacial score (nSPS) is 22.1. The Morgan fingerprint density at radius 2 is 1.86 bits per heavy atom. The summed E-state index contributed by atoms with van der Waals surface area (Å²) in [5.41, 5.74) is 1.19. The van der Waals surface area contributed by atoms with Crippen LogP contribution in [0.15, 0.2) is 58.4 Å². The van der Waals surface area contributed by atoms with E-state index >= 15 is 0 Å². The van der Waals surface area contributed by atoms with Crippen LogP contribution >= 0.6 is 23.1 Å². The summed E-state index contributed by atoms with van der Waals surface area (Å²) in [6.07, 6.45) is 0. The third-order valence-corrected chi connectivity index (χ3v) is 7.38. The molecule has 0 spiro atoms. The van der Waals surface area contributed by atoms with Crippen molar-refractivity contribution in [3.8, 4) is 5.75 Å². The second-order valence-electron chi connectivity index (χ2n) is 6.70. The van der Waals surface area contributed by atoms with Gasteiger partial charge >= 0.3 is 10.8 Å². The highest BCUT2D eigenvalue weighted by Gasteiger charge is 2.51. The van der Waals surface area contributed by atoms with Gasteiger partial charge in [0.15, 0.2) is 0 Å². The smallest absolute Gasteiger partial charge is 0.317 e. The van der Waals surface area contributed by atoms with E-state index in [0.717, 1.165) is 33.5 Å². The average molecular weight is 428 g/mol. The maximum atomic E-state index is 13.1. The molecule has 0 fully saturated rings. The van der Waals surface area contributed by atoms with E-state index in [1.54, 1.807) is 12.1 Å². The van der Waals surface area contributed by atoms with Crippen molar-refractivity contribution in [2.24, 2.45) is 5.92 Å². The van der Waals surface area contributed by atoms with Gasteiger partial charge < -0.3 is 15.0 Å². The first kappa shape index (κ1) is 18.1. The number of ether oxygens (including phenoxy) is 1. The van der Waals surface area contributed by atoms with Gasteiger partial charge in [-0.15, -0.1) is 0 Å². The minimum Gasteiger partial charge on any atom is -0.426 e.